The molecule has 2 unspecified atom stereocenters. The van der Waals surface area contributed by atoms with Gasteiger partial charge in [-0.3, -0.25) is 4.90 Å². The van der Waals surface area contributed by atoms with E-state index in [1.165, 1.54) is 18.4 Å². The van der Waals surface area contributed by atoms with Crippen molar-refractivity contribution in [2.75, 3.05) is 26.4 Å². The van der Waals surface area contributed by atoms with Crippen molar-refractivity contribution >= 4 is 0 Å². The molecule has 2 aliphatic heterocycles. The molecule has 104 valence electrons. The Morgan fingerprint density at radius 1 is 1.37 bits per heavy atom. The number of ether oxygens (including phenoxy) is 2. The van der Waals surface area contributed by atoms with E-state index in [-0.39, 0.29) is 0 Å². The van der Waals surface area contributed by atoms with Gasteiger partial charge in [0.25, 0.3) is 0 Å². The fourth-order valence-electron chi connectivity index (χ4n) is 3.10. The second-order valence-electron chi connectivity index (χ2n) is 5.42. The average molecular weight is 262 g/mol. The second-order valence-corrected chi connectivity index (χ2v) is 5.42. The molecule has 19 heavy (non-hydrogen) atoms. The zero-order valence-corrected chi connectivity index (χ0v) is 11.5. The Bertz CT molecular complexity index is 450. The van der Waals surface area contributed by atoms with Gasteiger partial charge in [0.1, 0.15) is 0 Å². The van der Waals surface area contributed by atoms with E-state index < -0.39 is 0 Å². The first-order valence-corrected chi connectivity index (χ1v) is 7.15. The van der Waals surface area contributed by atoms with Crippen molar-refractivity contribution in [3.8, 4) is 11.5 Å². The molecular weight excluding hydrogens is 240 g/mol. The van der Waals surface area contributed by atoms with Gasteiger partial charge in [0.05, 0.1) is 0 Å². The van der Waals surface area contributed by atoms with Crippen molar-refractivity contribution in [1.82, 2.24) is 4.90 Å². The molecule has 0 bridgehead atoms. The number of hydrogen-bond donors (Lipinski definition) is 1. The maximum absolute atomic E-state index is 6.00. The number of fused-ring (bicyclic) bond motifs is 1. The Kier molecular flexibility index (Phi) is 3.62. The van der Waals surface area contributed by atoms with Gasteiger partial charge in [-0.1, -0.05) is 19.4 Å². The number of rotatable bonds is 4. The summed E-state index contributed by atoms with van der Waals surface area (Å²) < 4.78 is 10.8. The van der Waals surface area contributed by atoms with Crippen LogP contribution in [0.2, 0.25) is 0 Å². The summed E-state index contributed by atoms with van der Waals surface area (Å²) in [5.74, 6) is 2.51. The van der Waals surface area contributed by atoms with Crippen LogP contribution in [0.5, 0.6) is 11.5 Å². The highest BCUT2D eigenvalue weighted by Crippen LogP contribution is 2.36. The molecule has 0 aliphatic carbocycles. The number of hydrogen-bond acceptors (Lipinski definition) is 4. The van der Waals surface area contributed by atoms with E-state index in [1.54, 1.807) is 0 Å². The Balaban J connectivity index is 1.79. The molecular formula is C15H22N2O2. The summed E-state index contributed by atoms with van der Waals surface area (Å²) in [5, 5.41) is 0. The third-order valence-electron chi connectivity index (χ3n) is 4.34. The van der Waals surface area contributed by atoms with Crippen LogP contribution in [0.25, 0.3) is 0 Å². The number of likely N-dealkylation sites (tertiary alicyclic amines) is 1. The van der Waals surface area contributed by atoms with E-state index >= 15 is 0 Å². The third kappa shape index (κ3) is 2.42. The lowest BCUT2D eigenvalue weighted by Gasteiger charge is -2.27. The summed E-state index contributed by atoms with van der Waals surface area (Å²) in [5.41, 5.74) is 7.24. The highest BCUT2D eigenvalue weighted by atomic mass is 16.7. The second kappa shape index (κ2) is 5.39. The lowest BCUT2D eigenvalue weighted by molar-refractivity contribution is 0.173. The van der Waals surface area contributed by atoms with Crippen molar-refractivity contribution in [3.05, 3.63) is 23.8 Å². The maximum Gasteiger partial charge on any atom is 0.231 e. The SMILES string of the molecule is CCC1CCN(C(CN)c2ccc3c(c2)OCO3)C1. The molecule has 4 heteroatoms. The van der Waals surface area contributed by atoms with E-state index in [0.717, 1.165) is 30.5 Å². The molecule has 0 spiro atoms. The summed E-state index contributed by atoms with van der Waals surface area (Å²) in [7, 11) is 0. The summed E-state index contributed by atoms with van der Waals surface area (Å²) in [6, 6.07) is 6.49. The quantitative estimate of drug-likeness (QED) is 0.903. The number of benzene rings is 1. The lowest BCUT2D eigenvalue weighted by Crippen LogP contribution is -2.32. The molecule has 2 N–H and O–H groups in total. The molecule has 2 aliphatic rings. The van der Waals surface area contributed by atoms with Crippen molar-refractivity contribution in [3.63, 3.8) is 0 Å². The zero-order valence-electron chi connectivity index (χ0n) is 11.5. The fourth-order valence-corrected chi connectivity index (χ4v) is 3.10. The van der Waals surface area contributed by atoms with Gasteiger partial charge in [-0.15, -0.1) is 0 Å². The summed E-state index contributed by atoms with van der Waals surface area (Å²) in [6.07, 6.45) is 2.55. The summed E-state index contributed by atoms with van der Waals surface area (Å²) in [6.45, 7) is 5.55. The number of nitrogens with zero attached hydrogens (tertiary/aromatic N) is 1. The van der Waals surface area contributed by atoms with Crippen molar-refractivity contribution in [1.29, 1.82) is 0 Å². The molecule has 0 radical (unpaired) electrons. The first-order chi connectivity index (χ1) is 9.31. The lowest BCUT2D eigenvalue weighted by atomic mass is 10.0. The molecule has 1 aromatic carbocycles. The Hall–Kier alpha value is -1.26. The first kappa shape index (κ1) is 12.8. The van der Waals surface area contributed by atoms with E-state index in [2.05, 4.69) is 24.0 Å². The van der Waals surface area contributed by atoms with Crippen LogP contribution in [0.15, 0.2) is 18.2 Å². The molecule has 4 nitrogen and oxygen atoms in total. The van der Waals surface area contributed by atoms with Crippen LogP contribution in [0.3, 0.4) is 0 Å². The van der Waals surface area contributed by atoms with E-state index in [4.69, 9.17) is 15.2 Å². The van der Waals surface area contributed by atoms with E-state index in [0.29, 0.717) is 19.4 Å². The van der Waals surface area contributed by atoms with Crippen LogP contribution >= 0.6 is 0 Å². The molecule has 0 amide bonds. The highest BCUT2D eigenvalue weighted by molar-refractivity contribution is 5.45. The van der Waals surface area contributed by atoms with Gasteiger partial charge in [-0.2, -0.15) is 0 Å². The van der Waals surface area contributed by atoms with Gasteiger partial charge in [-0.05, 0) is 36.6 Å². The minimum atomic E-state index is 0.297. The number of nitrogens with two attached hydrogens (primary N) is 1. The average Bonchev–Trinajstić information content (AvgIpc) is 3.07. The van der Waals surface area contributed by atoms with Crippen LogP contribution < -0.4 is 15.2 Å². The fraction of sp³-hybridized carbons (Fsp3) is 0.600. The predicted molar refractivity (Wildman–Crippen MR) is 74.3 cm³/mol. The van der Waals surface area contributed by atoms with Crippen LogP contribution in [0, 0.1) is 5.92 Å². The Morgan fingerprint density at radius 3 is 2.95 bits per heavy atom. The van der Waals surface area contributed by atoms with Gasteiger partial charge in [-0.25, -0.2) is 0 Å². The Morgan fingerprint density at radius 2 is 2.21 bits per heavy atom. The molecule has 2 heterocycles. The van der Waals surface area contributed by atoms with Crippen molar-refractivity contribution in [2.24, 2.45) is 11.7 Å². The monoisotopic (exact) mass is 262 g/mol. The standard InChI is InChI=1S/C15H22N2O2/c1-2-11-5-6-17(9-11)13(8-16)12-3-4-14-15(7-12)19-10-18-14/h3-4,7,11,13H,2,5-6,8-10,16H2,1H3. The van der Waals surface area contributed by atoms with Gasteiger partial charge in [0.2, 0.25) is 6.79 Å². The van der Waals surface area contributed by atoms with Gasteiger partial charge >= 0.3 is 0 Å². The van der Waals surface area contributed by atoms with E-state index in [9.17, 15) is 0 Å². The smallest absolute Gasteiger partial charge is 0.231 e. The van der Waals surface area contributed by atoms with Crippen LogP contribution in [-0.2, 0) is 0 Å². The largest absolute Gasteiger partial charge is 0.454 e. The van der Waals surface area contributed by atoms with Gasteiger partial charge in [0, 0.05) is 19.1 Å². The molecule has 0 saturated carbocycles. The highest BCUT2D eigenvalue weighted by Gasteiger charge is 2.28. The third-order valence-corrected chi connectivity index (χ3v) is 4.34. The topological polar surface area (TPSA) is 47.7 Å². The van der Waals surface area contributed by atoms with Crippen LogP contribution in [0.4, 0.5) is 0 Å². The molecule has 1 fully saturated rings. The van der Waals surface area contributed by atoms with Crippen LogP contribution in [-0.4, -0.2) is 31.3 Å². The maximum atomic E-state index is 6.00. The molecule has 3 rings (SSSR count). The summed E-state index contributed by atoms with van der Waals surface area (Å²) >= 11 is 0. The Labute approximate surface area is 114 Å². The molecule has 0 aromatic heterocycles. The summed E-state index contributed by atoms with van der Waals surface area (Å²) in [4.78, 5) is 2.51. The minimum Gasteiger partial charge on any atom is -0.454 e. The van der Waals surface area contributed by atoms with Gasteiger partial charge < -0.3 is 15.2 Å². The predicted octanol–water partition coefficient (Wildman–Crippen LogP) is 2.15. The first-order valence-electron chi connectivity index (χ1n) is 7.15. The zero-order chi connectivity index (χ0) is 13.2. The molecule has 1 saturated heterocycles. The normalized spacial score (nSPS) is 23.8. The molecule has 1 aromatic rings. The minimum absolute atomic E-state index is 0.297. The van der Waals surface area contributed by atoms with Crippen LogP contribution in [0.1, 0.15) is 31.4 Å². The van der Waals surface area contributed by atoms with E-state index in [1.807, 2.05) is 6.07 Å². The molecule has 2 atom stereocenters. The van der Waals surface area contributed by atoms with Gasteiger partial charge in [0.15, 0.2) is 11.5 Å². The van der Waals surface area contributed by atoms with Crippen molar-refractivity contribution < 1.29 is 9.47 Å². The van der Waals surface area contributed by atoms with Crippen molar-refractivity contribution in [2.45, 2.75) is 25.8 Å².